The van der Waals surface area contributed by atoms with Crippen LogP contribution < -0.4 is 10.6 Å². The standard InChI is InChI=1S/C17H21ClFN5/c1-20-17(21-7-3-9-24-10-4-8-22-24)23-15-11-12(15)16-13(18)5-2-6-14(16)19/h2,4-6,8,10,12,15H,3,7,9,11H2,1H3,(H2,20,21,23). The Bertz CT molecular complexity index is 681. The Kier molecular flexibility index (Phi) is 5.35. The van der Waals surface area contributed by atoms with Crippen molar-refractivity contribution in [2.75, 3.05) is 13.6 Å². The number of hydrogen-bond donors (Lipinski definition) is 2. The van der Waals surface area contributed by atoms with Gasteiger partial charge in [-0.1, -0.05) is 17.7 Å². The monoisotopic (exact) mass is 349 g/mol. The van der Waals surface area contributed by atoms with E-state index in [4.69, 9.17) is 11.6 Å². The predicted molar refractivity (Wildman–Crippen MR) is 93.9 cm³/mol. The lowest BCUT2D eigenvalue weighted by molar-refractivity contribution is 0.569. The molecule has 0 radical (unpaired) electrons. The Labute approximate surface area is 145 Å². The zero-order valence-electron chi connectivity index (χ0n) is 13.5. The van der Waals surface area contributed by atoms with Crippen molar-refractivity contribution in [1.82, 2.24) is 20.4 Å². The molecule has 2 aromatic rings. The summed E-state index contributed by atoms with van der Waals surface area (Å²) in [6.07, 6.45) is 5.51. The molecule has 128 valence electrons. The molecule has 1 saturated carbocycles. The van der Waals surface area contributed by atoms with Gasteiger partial charge in [0.25, 0.3) is 0 Å². The van der Waals surface area contributed by atoms with Crippen LogP contribution >= 0.6 is 11.6 Å². The minimum Gasteiger partial charge on any atom is -0.356 e. The topological polar surface area (TPSA) is 54.2 Å². The summed E-state index contributed by atoms with van der Waals surface area (Å²) in [5, 5.41) is 11.3. The van der Waals surface area contributed by atoms with Crippen LogP contribution in [0, 0.1) is 5.82 Å². The number of halogens is 2. The summed E-state index contributed by atoms with van der Waals surface area (Å²) in [6.45, 7) is 1.64. The summed E-state index contributed by atoms with van der Waals surface area (Å²) >= 11 is 6.13. The fourth-order valence-corrected chi connectivity index (χ4v) is 3.09. The average Bonchev–Trinajstić information content (AvgIpc) is 3.10. The van der Waals surface area contributed by atoms with Gasteiger partial charge in [0.15, 0.2) is 5.96 Å². The van der Waals surface area contributed by atoms with Crippen molar-refractivity contribution >= 4 is 17.6 Å². The van der Waals surface area contributed by atoms with Gasteiger partial charge in [-0.25, -0.2) is 4.39 Å². The molecule has 2 atom stereocenters. The highest BCUT2D eigenvalue weighted by molar-refractivity contribution is 6.31. The lowest BCUT2D eigenvalue weighted by Crippen LogP contribution is -2.39. The highest BCUT2D eigenvalue weighted by Gasteiger charge is 2.41. The van der Waals surface area contributed by atoms with Crippen molar-refractivity contribution in [3.8, 4) is 0 Å². The molecule has 1 fully saturated rings. The minimum atomic E-state index is -0.237. The van der Waals surface area contributed by atoms with Crippen LogP contribution in [0.3, 0.4) is 0 Å². The number of rotatable bonds is 6. The summed E-state index contributed by atoms with van der Waals surface area (Å²) in [4.78, 5) is 4.22. The van der Waals surface area contributed by atoms with E-state index in [1.807, 2.05) is 16.9 Å². The Hall–Kier alpha value is -2.08. The number of aromatic nitrogens is 2. The molecule has 2 unspecified atom stereocenters. The second kappa shape index (κ2) is 7.66. The lowest BCUT2D eigenvalue weighted by atomic mass is 10.1. The van der Waals surface area contributed by atoms with Gasteiger partial charge >= 0.3 is 0 Å². The molecule has 1 heterocycles. The van der Waals surface area contributed by atoms with Crippen molar-refractivity contribution in [2.45, 2.75) is 31.3 Å². The Morgan fingerprint density at radius 1 is 1.46 bits per heavy atom. The molecule has 2 N–H and O–H groups in total. The molecule has 0 amide bonds. The molecule has 1 aromatic heterocycles. The van der Waals surface area contributed by atoms with E-state index in [9.17, 15) is 4.39 Å². The molecule has 1 aromatic carbocycles. The fourth-order valence-electron chi connectivity index (χ4n) is 2.79. The summed E-state index contributed by atoms with van der Waals surface area (Å²) < 4.78 is 15.8. The van der Waals surface area contributed by atoms with Gasteiger partial charge < -0.3 is 10.6 Å². The number of hydrogen-bond acceptors (Lipinski definition) is 2. The molecule has 1 aliphatic rings. The van der Waals surface area contributed by atoms with Crippen LogP contribution in [-0.2, 0) is 6.54 Å². The average molecular weight is 350 g/mol. The van der Waals surface area contributed by atoms with Crippen molar-refractivity contribution in [3.63, 3.8) is 0 Å². The van der Waals surface area contributed by atoms with Crippen LogP contribution in [0.15, 0.2) is 41.7 Å². The Morgan fingerprint density at radius 2 is 2.33 bits per heavy atom. The summed E-state index contributed by atoms with van der Waals surface area (Å²) in [5.41, 5.74) is 0.603. The first-order chi connectivity index (χ1) is 11.7. The summed E-state index contributed by atoms with van der Waals surface area (Å²) in [5.74, 6) is 0.593. The van der Waals surface area contributed by atoms with Gasteiger partial charge in [-0.15, -0.1) is 0 Å². The van der Waals surface area contributed by atoms with E-state index < -0.39 is 0 Å². The third-order valence-electron chi connectivity index (χ3n) is 4.12. The Balaban J connectivity index is 1.45. The molecule has 0 aliphatic heterocycles. The largest absolute Gasteiger partial charge is 0.356 e. The third kappa shape index (κ3) is 4.06. The molecule has 1 aliphatic carbocycles. The van der Waals surface area contributed by atoms with E-state index in [1.165, 1.54) is 6.07 Å². The Morgan fingerprint density at radius 3 is 3.04 bits per heavy atom. The van der Waals surface area contributed by atoms with E-state index in [0.29, 0.717) is 10.6 Å². The number of guanidine groups is 1. The maximum atomic E-state index is 14.0. The molecule has 0 saturated heterocycles. The molecule has 3 rings (SSSR count). The maximum absolute atomic E-state index is 14.0. The minimum absolute atomic E-state index is 0.0984. The van der Waals surface area contributed by atoms with Crippen LogP contribution in [-0.4, -0.2) is 35.4 Å². The molecule has 5 nitrogen and oxygen atoms in total. The molecular formula is C17H21ClFN5. The molecule has 24 heavy (non-hydrogen) atoms. The van der Waals surface area contributed by atoms with E-state index in [-0.39, 0.29) is 17.8 Å². The highest BCUT2D eigenvalue weighted by Crippen LogP contribution is 2.44. The van der Waals surface area contributed by atoms with E-state index in [0.717, 1.165) is 31.9 Å². The van der Waals surface area contributed by atoms with Crippen LogP contribution in [0.25, 0.3) is 0 Å². The van der Waals surface area contributed by atoms with Crippen molar-refractivity contribution in [3.05, 3.63) is 53.1 Å². The number of benzene rings is 1. The van der Waals surface area contributed by atoms with Gasteiger partial charge in [-0.3, -0.25) is 9.67 Å². The maximum Gasteiger partial charge on any atom is 0.191 e. The third-order valence-corrected chi connectivity index (χ3v) is 4.45. The number of aliphatic imine (C=N–C) groups is 1. The smallest absolute Gasteiger partial charge is 0.191 e. The van der Waals surface area contributed by atoms with Crippen LogP contribution in [0.4, 0.5) is 4.39 Å². The van der Waals surface area contributed by atoms with Gasteiger partial charge in [0, 0.05) is 55.1 Å². The van der Waals surface area contributed by atoms with Gasteiger partial charge in [-0.05, 0) is 31.0 Å². The van der Waals surface area contributed by atoms with Crippen molar-refractivity contribution in [2.24, 2.45) is 4.99 Å². The first-order valence-corrected chi connectivity index (χ1v) is 8.45. The SMILES string of the molecule is CN=C(NCCCn1cccn1)NC1CC1c1c(F)cccc1Cl. The lowest BCUT2D eigenvalue weighted by Gasteiger charge is -2.12. The number of aryl methyl sites for hydroxylation is 1. The summed E-state index contributed by atoms with van der Waals surface area (Å²) in [7, 11) is 1.73. The zero-order valence-corrected chi connectivity index (χ0v) is 14.3. The number of nitrogens with zero attached hydrogens (tertiary/aromatic N) is 3. The molecular weight excluding hydrogens is 329 g/mol. The second-order valence-electron chi connectivity index (χ2n) is 5.85. The van der Waals surface area contributed by atoms with Gasteiger partial charge in [-0.2, -0.15) is 5.10 Å². The normalized spacial score (nSPS) is 20.0. The number of nitrogens with one attached hydrogen (secondary N) is 2. The fraction of sp³-hybridized carbons (Fsp3) is 0.412. The predicted octanol–water partition coefficient (Wildman–Crippen LogP) is 2.79. The van der Waals surface area contributed by atoms with Gasteiger partial charge in [0.05, 0.1) is 0 Å². The van der Waals surface area contributed by atoms with Crippen molar-refractivity contribution < 1.29 is 4.39 Å². The summed E-state index contributed by atoms with van der Waals surface area (Å²) in [6, 6.07) is 6.90. The zero-order chi connectivity index (χ0) is 16.9. The van der Waals surface area contributed by atoms with Crippen LogP contribution in [0.5, 0.6) is 0 Å². The molecule has 0 spiro atoms. The van der Waals surface area contributed by atoms with Crippen molar-refractivity contribution in [1.29, 1.82) is 0 Å². The van der Waals surface area contributed by atoms with E-state index >= 15 is 0 Å². The highest BCUT2D eigenvalue weighted by atomic mass is 35.5. The first-order valence-electron chi connectivity index (χ1n) is 8.07. The van der Waals surface area contributed by atoms with Crippen LogP contribution in [0.2, 0.25) is 5.02 Å². The van der Waals surface area contributed by atoms with Gasteiger partial charge in [0.2, 0.25) is 0 Å². The molecule has 7 heteroatoms. The van der Waals surface area contributed by atoms with Crippen LogP contribution in [0.1, 0.15) is 24.3 Å². The van der Waals surface area contributed by atoms with E-state index in [2.05, 4.69) is 20.7 Å². The first kappa shape index (κ1) is 16.8. The van der Waals surface area contributed by atoms with E-state index in [1.54, 1.807) is 25.4 Å². The van der Waals surface area contributed by atoms with Gasteiger partial charge in [0.1, 0.15) is 5.82 Å². The quantitative estimate of drug-likeness (QED) is 0.479. The second-order valence-corrected chi connectivity index (χ2v) is 6.26. The molecule has 0 bridgehead atoms.